The highest BCUT2D eigenvalue weighted by Gasteiger charge is 2.28. The van der Waals surface area contributed by atoms with Crippen molar-refractivity contribution in [2.75, 3.05) is 11.9 Å². The highest BCUT2D eigenvalue weighted by Crippen LogP contribution is 2.32. The van der Waals surface area contributed by atoms with E-state index in [1.165, 1.54) is 18.9 Å². The SMILES string of the molecule is Cc1cccc([N+](=O)[O-])c1C(=O)NCC1CCCC1CBr. The highest BCUT2D eigenvalue weighted by molar-refractivity contribution is 9.09. The summed E-state index contributed by atoms with van der Waals surface area (Å²) in [5.74, 6) is 0.688. The fourth-order valence-electron chi connectivity index (χ4n) is 3.00. The van der Waals surface area contributed by atoms with Gasteiger partial charge < -0.3 is 5.32 Å². The number of aryl methyl sites for hydroxylation is 1. The molecule has 1 N–H and O–H groups in total. The van der Waals surface area contributed by atoms with E-state index in [1.807, 2.05) is 0 Å². The zero-order chi connectivity index (χ0) is 15.4. The molecule has 1 aromatic carbocycles. The minimum absolute atomic E-state index is 0.129. The zero-order valence-corrected chi connectivity index (χ0v) is 13.6. The van der Waals surface area contributed by atoms with Gasteiger partial charge in [-0.3, -0.25) is 14.9 Å². The third-order valence-corrected chi connectivity index (χ3v) is 5.05. The Morgan fingerprint density at radius 2 is 2.14 bits per heavy atom. The molecule has 2 atom stereocenters. The standard InChI is InChI=1S/C15H19BrN2O3/c1-10-4-2-7-13(18(20)21)14(10)15(19)17-9-12-6-3-5-11(12)8-16/h2,4,7,11-12H,3,5-6,8-9H2,1H3,(H,17,19). The second-order valence-electron chi connectivity index (χ2n) is 5.54. The van der Waals surface area contributed by atoms with Crippen molar-refractivity contribution < 1.29 is 9.72 Å². The lowest BCUT2D eigenvalue weighted by Gasteiger charge is -2.18. The number of hydrogen-bond donors (Lipinski definition) is 1. The van der Waals surface area contributed by atoms with Crippen molar-refractivity contribution in [3.8, 4) is 0 Å². The third kappa shape index (κ3) is 3.61. The van der Waals surface area contributed by atoms with Crippen molar-refractivity contribution in [2.45, 2.75) is 26.2 Å². The van der Waals surface area contributed by atoms with Crippen LogP contribution in [0.1, 0.15) is 35.2 Å². The molecule has 2 rings (SSSR count). The van der Waals surface area contributed by atoms with Gasteiger partial charge in [-0.25, -0.2) is 0 Å². The lowest BCUT2D eigenvalue weighted by molar-refractivity contribution is -0.385. The third-order valence-electron chi connectivity index (χ3n) is 4.21. The Morgan fingerprint density at radius 3 is 2.81 bits per heavy atom. The Kier molecular flexibility index (Phi) is 5.33. The maximum atomic E-state index is 12.3. The molecule has 114 valence electrons. The van der Waals surface area contributed by atoms with Gasteiger partial charge in [0, 0.05) is 17.9 Å². The van der Waals surface area contributed by atoms with Gasteiger partial charge in [0.1, 0.15) is 5.56 Å². The summed E-state index contributed by atoms with van der Waals surface area (Å²) in [6.07, 6.45) is 3.46. The molecule has 0 spiro atoms. The van der Waals surface area contributed by atoms with E-state index >= 15 is 0 Å². The van der Waals surface area contributed by atoms with Crippen molar-refractivity contribution in [1.29, 1.82) is 0 Å². The van der Waals surface area contributed by atoms with Crippen LogP contribution in [0.4, 0.5) is 5.69 Å². The van der Waals surface area contributed by atoms with Gasteiger partial charge in [0.05, 0.1) is 4.92 Å². The van der Waals surface area contributed by atoms with Gasteiger partial charge in [0.2, 0.25) is 0 Å². The maximum Gasteiger partial charge on any atom is 0.282 e. The molecule has 2 unspecified atom stereocenters. The van der Waals surface area contributed by atoms with Gasteiger partial charge in [-0.2, -0.15) is 0 Å². The topological polar surface area (TPSA) is 72.2 Å². The number of nitro benzene ring substituents is 1. The first-order chi connectivity index (χ1) is 10.0. The van der Waals surface area contributed by atoms with Crippen LogP contribution in [-0.4, -0.2) is 22.7 Å². The molecule has 1 saturated carbocycles. The van der Waals surface area contributed by atoms with Crippen LogP contribution in [0.25, 0.3) is 0 Å². The number of carbonyl (C=O) groups is 1. The van der Waals surface area contributed by atoms with E-state index in [-0.39, 0.29) is 17.2 Å². The number of nitrogens with zero attached hydrogens (tertiary/aromatic N) is 1. The van der Waals surface area contributed by atoms with Crippen LogP contribution in [0.3, 0.4) is 0 Å². The lowest BCUT2D eigenvalue weighted by atomic mass is 9.98. The van der Waals surface area contributed by atoms with Gasteiger partial charge in [-0.05, 0) is 37.2 Å². The van der Waals surface area contributed by atoms with Crippen molar-refractivity contribution in [1.82, 2.24) is 5.32 Å². The number of carbonyl (C=O) groups excluding carboxylic acids is 1. The summed E-state index contributed by atoms with van der Waals surface area (Å²) in [4.78, 5) is 22.9. The van der Waals surface area contributed by atoms with Gasteiger partial charge in [0.15, 0.2) is 0 Å². The van der Waals surface area contributed by atoms with Crippen LogP contribution in [0, 0.1) is 28.9 Å². The fourth-order valence-corrected chi connectivity index (χ4v) is 3.85. The number of hydrogen-bond acceptors (Lipinski definition) is 3. The van der Waals surface area contributed by atoms with E-state index in [0.29, 0.717) is 23.9 Å². The summed E-state index contributed by atoms with van der Waals surface area (Å²) in [6.45, 7) is 2.30. The first-order valence-corrected chi connectivity index (χ1v) is 8.25. The van der Waals surface area contributed by atoms with Gasteiger partial charge in [-0.15, -0.1) is 0 Å². The molecule has 21 heavy (non-hydrogen) atoms. The summed E-state index contributed by atoms with van der Waals surface area (Å²) in [6, 6.07) is 4.69. The molecule has 0 aliphatic heterocycles. The van der Waals surface area contributed by atoms with Crippen molar-refractivity contribution in [3.05, 3.63) is 39.4 Å². The number of alkyl halides is 1. The molecule has 0 radical (unpaired) electrons. The number of nitro groups is 1. The van der Waals surface area contributed by atoms with Crippen LogP contribution >= 0.6 is 15.9 Å². The monoisotopic (exact) mass is 354 g/mol. The number of halogens is 1. The van der Waals surface area contributed by atoms with Crippen molar-refractivity contribution in [3.63, 3.8) is 0 Å². The summed E-state index contributed by atoms with van der Waals surface area (Å²) < 4.78 is 0. The molecule has 5 nitrogen and oxygen atoms in total. The van der Waals surface area contributed by atoms with Crippen LogP contribution in [0.5, 0.6) is 0 Å². The Balaban J connectivity index is 2.09. The average Bonchev–Trinajstić information content (AvgIpc) is 2.91. The Bertz CT molecular complexity index is 548. The van der Waals surface area contributed by atoms with Crippen LogP contribution in [0.15, 0.2) is 18.2 Å². The second-order valence-corrected chi connectivity index (χ2v) is 6.19. The molecular formula is C15H19BrN2O3. The molecule has 1 aromatic rings. The van der Waals surface area contributed by atoms with E-state index < -0.39 is 4.92 Å². The Hall–Kier alpha value is -1.43. The maximum absolute atomic E-state index is 12.3. The molecule has 0 saturated heterocycles. The summed E-state index contributed by atoms with van der Waals surface area (Å²) in [7, 11) is 0. The number of benzene rings is 1. The molecule has 0 heterocycles. The molecule has 1 fully saturated rings. The predicted octanol–water partition coefficient (Wildman–Crippen LogP) is 3.44. The van der Waals surface area contributed by atoms with E-state index in [1.54, 1.807) is 19.1 Å². The first-order valence-electron chi connectivity index (χ1n) is 7.12. The number of nitrogens with one attached hydrogen (secondary N) is 1. The van der Waals surface area contributed by atoms with Crippen molar-refractivity contribution >= 4 is 27.5 Å². The fraction of sp³-hybridized carbons (Fsp3) is 0.533. The molecule has 0 bridgehead atoms. The molecule has 1 aliphatic carbocycles. The normalized spacial score (nSPS) is 21.2. The summed E-state index contributed by atoms with van der Waals surface area (Å²) in [5, 5.41) is 14.9. The Labute approximate surface area is 132 Å². The van der Waals surface area contributed by atoms with Gasteiger partial charge in [0.25, 0.3) is 11.6 Å². The first kappa shape index (κ1) is 15.9. The molecule has 6 heteroatoms. The van der Waals surface area contributed by atoms with Crippen molar-refractivity contribution in [2.24, 2.45) is 11.8 Å². The lowest BCUT2D eigenvalue weighted by Crippen LogP contribution is -2.32. The van der Waals surface area contributed by atoms with E-state index in [9.17, 15) is 14.9 Å². The zero-order valence-electron chi connectivity index (χ0n) is 12.0. The van der Waals surface area contributed by atoms with Gasteiger partial charge >= 0.3 is 0 Å². The number of rotatable bonds is 5. The van der Waals surface area contributed by atoms with Crippen LogP contribution < -0.4 is 5.32 Å². The molecular weight excluding hydrogens is 336 g/mol. The van der Waals surface area contributed by atoms with E-state index in [2.05, 4.69) is 21.2 Å². The van der Waals surface area contributed by atoms with Crippen LogP contribution in [-0.2, 0) is 0 Å². The summed E-state index contributed by atoms with van der Waals surface area (Å²) >= 11 is 3.51. The predicted molar refractivity (Wildman–Crippen MR) is 84.8 cm³/mol. The number of amides is 1. The molecule has 1 amide bonds. The smallest absolute Gasteiger partial charge is 0.282 e. The Morgan fingerprint density at radius 1 is 1.43 bits per heavy atom. The highest BCUT2D eigenvalue weighted by atomic mass is 79.9. The summed E-state index contributed by atoms with van der Waals surface area (Å²) in [5.41, 5.74) is 0.678. The van der Waals surface area contributed by atoms with Crippen LogP contribution in [0.2, 0.25) is 0 Å². The quantitative estimate of drug-likeness (QED) is 0.500. The molecule has 0 aromatic heterocycles. The van der Waals surface area contributed by atoms with E-state index in [0.717, 1.165) is 11.8 Å². The largest absolute Gasteiger partial charge is 0.352 e. The van der Waals surface area contributed by atoms with E-state index in [4.69, 9.17) is 0 Å². The minimum Gasteiger partial charge on any atom is -0.352 e. The average molecular weight is 355 g/mol. The minimum atomic E-state index is -0.501. The molecule has 1 aliphatic rings. The van der Waals surface area contributed by atoms with Gasteiger partial charge in [-0.1, -0.05) is 34.5 Å². The second kappa shape index (κ2) is 7.02.